The largest absolute Gasteiger partial charge is 0.497 e. The molecule has 0 radical (unpaired) electrons. The van der Waals surface area contributed by atoms with Gasteiger partial charge in [-0.15, -0.1) is 0 Å². The van der Waals surface area contributed by atoms with E-state index in [0.717, 1.165) is 4.57 Å². The van der Waals surface area contributed by atoms with Crippen LogP contribution in [0.2, 0.25) is 0 Å². The Morgan fingerprint density at radius 3 is 2.39 bits per heavy atom. The molecule has 14 nitrogen and oxygen atoms in total. The summed E-state index contributed by atoms with van der Waals surface area (Å²) in [5.74, 6) is 1.28. The summed E-state index contributed by atoms with van der Waals surface area (Å²) >= 11 is 0. The number of benzene rings is 2. The molecule has 0 aliphatic heterocycles. The SMILES string of the molecule is COc1ccc(OCC(O)Cn2c(NN=Cc3ccc([N+](=O)[O-])cc3)nc3c2c(=O)n(C)c(=O)n3C)cc1. The lowest BCUT2D eigenvalue weighted by atomic mass is 10.2. The monoisotopic (exact) mass is 523 g/mol. The normalized spacial score (nSPS) is 12.1. The Balaban J connectivity index is 1.61. The Hall–Kier alpha value is -4.98. The van der Waals surface area contributed by atoms with Crippen molar-refractivity contribution in [1.82, 2.24) is 18.7 Å². The summed E-state index contributed by atoms with van der Waals surface area (Å²) in [4.78, 5) is 40.1. The van der Waals surface area contributed by atoms with Crippen molar-refractivity contribution >= 4 is 29.0 Å². The number of aliphatic hydroxyl groups excluding tert-OH is 1. The number of nitrogens with one attached hydrogen (secondary N) is 1. The number of nitro benzene ring substituents is 1. The van der Waals surface area contributed by atoms with Crippen LogP contribution in [0.1, 0.15) is 5.56 Å². The number of aryl methyl sites for hydroxylation is 1. The van der Waals surface area contributed by atoms with Gasteiger partial charge in [0.25, 0.3) is 11.2 Å². The van der Waals surface area contributed by atoms with Gasteiger partial charge in [-0.2, -0.15) is 10.1 Å². The van der Waals surface area contributed by atoms with Gasteiger partial charge < -0.3 is 19.1 Å². The van der Waals surface area contributed by atoms with E-state index in [4.69, 9.17) is 9.47 Å². The highest BCUT2D eigenvalue weighted by molar-refractivity contribution is 5.81. The molecule has 2 heterocycles. The predicted octanol–water partition coefficient (Wildman–Crippen LogP) is 1.24. The summed E-state index contributed by atoms with van der Waals surface area (Å²) in [5.41, 5.74) is 2.29. The summed E-state index contributed by atoms with van der Waals surface area (Å²) in [5, 5.41) is 25.7. The lowest BCUT2D eigenvalue weighted by Crippen LogP contribution is -2.38. The van der Waals surface area contributed by atoms with Crippen molar-refractivity contribution in [2.45, 2.75) is 12.6 Å². The quantitative estimate of drug-likeness (QED) is 0.176. The van der Waals surface area contributed by atoms with Crippen LogP contribution in [-0.2, 0) is 20.6 Å². The molecule has 1 unspecified atom stereocenters. The smallest absolute Gasteiger partial charge is 0.332 e. The zero-order valence-electron chi connectivity index (χ0n) is 20.8. The molecule has 2 aromatic carbocycles. The van der Waals surface area contributed by atoms with Crippen LogP contribution in [0.4, 0.5) is 11.6 Å². The Labute approximate surface area is 215 Å². The first-order valence-electron chi connectivity index (χ1n) is 11.3. The highest BCUT2D eigenvalue weighted by Crippen LogP contribution is 2.19. The number of ether oxygens (including phenoxy) is 2. The number of nitrogens with zero attached hydrogens (tertiary/aromatic N) is 6. The minimum Gasteiger partial charge on any atom is -0.497 e. The van der Waals surface area contributed by atoms with Crippen molar-refractivity contribution in [3.8, 4) is 11.5 Å². The highest BCUT2D eigenvalue weighted by Gasteiger charge is 2.21. The Morgan fingerprint density at radius 2 is 1.76 bits per heavy atom. The maximum absolute atomic E-state index is 13.0. The molecule has 0 aliphatic rings. The average Bonchev–Trinajstić information content (AvgIpc) is 3.28. The van der Waals surface area contributed by atoms with Crippen LogP contribution < -0.4 is 26.1 Å². The molecule has 38 heavy (non-hydrogen) atoms. The van der Waals surface area contributed by atoms with E-state index in [0.29, 0.717) is 17.1 Å². The number of hydrogen-bond acceptors (Lipinski definition) is 10. The third kappa shape index (κ3) is 5.39. The van der Waals surface area contributed by atoms with Gasteiger partial charge in [-0.25, -0.2) is 10.2 Å². The van der Waals surface area contributed by atoms with E-state index in [2.05, 4.69) is 15.5 Å². The maximum atomic E-state index is 13.0. The second-order valence-electron chi connectivity index (χ2n) is 8.28. The fourth-order valence-corrected chi connectivity index (χ4v) is 3.68. The Morgan fingerprint density at radius 1 is 1.11 bits per heavy atom. The summed E-state index contributed by atoms with van der Waals surface area (Å²) in [7, 11) is 4.38. The van der Waals surface area contributed by atoms with Gasteiger partial charge in [0.15, 0.2) is 11.2 Å². The van der Waals surface area contributed by atoms with Gasteiger partial charge in [0, 0.05) is 26.2 Å². The van der Waals surface area contributed by atoms with Crippen molar-refractivity contribution < 1.29 is 19.5 Å². The molecule has 4 rings (SSSR count). The van der Waals surface area contributed by atoms with Gasteiger partial charge in [-0.05, 0) is 42.0 Å². The molecule has 0 spiro atoms. The van der Waals surface area contributed by atoms with E-state index >= 15 is 0 Å². The first-order valence-corrected chi connectivity index (χ1v) is 11.3. The Bertz CT molecular complexity index is 1600. The minimum atomic E-state index is -1.06. The van der Waals surface area contributed by atoms with E-state index in [9.17, 15) is 24.8 Å². The standard InChI is InChI=1S/C24H25N7O7/c1-28-21-20(22(33)29(2)24(28)34)30(13-17(32)14-38-19-10-8-18(37-3)9-11-19)23(26-21)27-25-12-15-4-6-16(7-5-15)31(35)36/h4-12,17,32H,13-14H2,1-3H3,(H,26,27). The summed E-state index contributed by atoms with van der Waals surface area (Å²) < 4.78 is 14.4. The van der Waals surface area contributed by atoms with Gasteiger partial charge in [-0.1, -0.05) is 0 Å². The number of aromatic nitrogens is 4. The number of anilines is 1. The molecule has 0 bridgehead atoms. The van der Waals surface area contributed by atoms with Crippen LogP contribution in [-0.4, -0.2) is 54.8 Å². The van der Waals surface area contributed by atoms with Crippen LogP contribution in [0.5, 0.6) is 11.5 Å². The number of fused-ring (bicyclic) bond motifs is 1. The summed E-state index contributed by atoms with van der Waals surface area (Å²) in [6, 6.07) is 12.6. The maximum Gasteiger partial charge on any atom is 0.332 e. The number of imidazole rings is 1. The van der Waals surface area contributed by atoms with Crippen molar-refractivity contribution in [3.63, 3.8) is 0 Å². The fraction of sp³-hybridized carbons (Fsp3) is 0.250. The van der Waals surface area contributed by atoms with E-state index in [-0.39, 0.29) is 36.0 Å². The van der Waals surface area contributed by atoms with Gasteiger partial charge in [0.1, 0.15) is 24.2 Å². The molecule has 2 aromatic heterocycles. The number of non-ortho nitro benzene ring substituents is 1. The number of hydrogen-bond donors (Lipinski definition) is 2. The first kappa shape index (κ1) is 26.1. The lowest BCUT2D eigenvalue weighted by Gasteiger charge is -2.15. The zero-order valence-corrected chi connectivity index (χ0v) is 20.8. The van der Waals surface area contributed by atoms with E-state index in [1.54, 1.807) is 31.4 Å². The summed E-state index contributed by atoms with van der Waals surface area (Å²) in [6.45, 7) is -0.195. The second-order valence-corrected chi connectivity index (χ2v) is 8.28. The number of methoxy groups -OCH3 is 1. The molecule has 0 amide bonds. The minimum absolute atomic E-state index is 0.0560. The van der Waals surface area contributed by atoms with Gasteiger partial charge in [0.2, 0.25) is 5.95 Å². The molecule has 198 valence electrons. The van der Waals surface area contributed by atoms with Crippen molar-refractivity contribution in [3.05, 3.63) is 85.0 Å². The van der Waals surface area contributed by atoms with Crippen LogP contribution in [0.15, 0.2) is 63.2 Å². The topological polar surface area (TPSA) is 168 Å². The van der Waals surface area contributed by atoms with Gasteiger partial charge in [0.05, 0.1) is 24.8 Å². The zero-order chi connectivity index (χ0) is 27.4. The molecule has 1 atom stereocenters. The van der Waals surface area contributed by atoms with Crippen molar-refractivity contribution in [2.24, 2.45) is 19.2 Å². The molecule has 4 aromatic rings. The number of hydrazone groups is 1. The van der Waals surface area contributed by atoms with Gasteiger partial charge >= 0.3 is 5.69 Å². The Kier molecular flexibility index (Phi) is 7.53. The van der Waals surface area contributed by atoms with Crippen LogP contribution >= 0.6 is 0 Å². The number of aliphatic hydroxyl groups is 1. The number of nitro groups is 1. The fourth-order valence-electron chi connectivity index (χ4n) is 3.68. The van der Waals surface area contributed by atoms with E-state index in [1.807, 2.05) is 0 Å². The van der Waals surface area contributed by atoms with E-state index in [1.165, 1.54) is 53.7 Å². The summed E-state index contributed by atoms with van der Waals surface area (Å²) in [6.07, 6.45) is 0.351. The number of rotatable bonds is 10. The first-order chi connectivity index (χ1) is 18.2. The van der Waals surface area contributed by atoms with Gasteiger partial charge in [-0.3, -0.25) is 24.0 Å². The molecule has 0 fully saturated rings. The molecular formula is C24H25N7O7. The molecule has 0 saturated carbocycles. The van der Waals surface area contributed by atoms with E-state index < -0.39 is 22.3 Å². The van der Waals surface area contributed by atoms with Crippen molar-refractivity contribution in [2.75, 3.05) is 19.1 Å². The average molecular weight is 524 g/mol. The van der Waals surface area contributed by atoms with Crippen LogP contribution in [0.25, 0.3) is 11.2 Å². The van der Waals surface area contributed by atoms with Crippen LogP contribution in [0.3, 0.4) is 0 Å². The third-order valence-corrected chi connectivity index (χ3v) is 5.73. The molecule has 14 heteroatoms. The molecule has 0 saturated heterocycles. The second kappa shape index (κ2) is 11.0. The van der Waals surface area contributed by atoms with Crippen molar-refractivity contribution in [1.29, 1.82) is 0 Å². The molecule has 0 aliphatic carbocycles. The van der Waals surface area contributed by atoms with Crippen LogP contribution in [0, 0.1) is 10.1 Å². The lowest BCUT2D eigenvalue weighted by molar-refractivity contribution is -0.384. The molecule has 2 N–H and O–H groups in total. The predicted molar refractivity (Wildman–Crippen MR) is 139 cm³/mol. The molecular weight excluding hydrogens is 498 g/mol. The third-order valence-electron chi connectivity index (χ3n) is 5.73. The highest BCUT2D eigenvalue weighted by atomic mass is 16.6.